The standard InChI is InChI=1S/C17H15N3O4S2/c1-20-15(22)12-6-7-25-14(12)19-17(20)26-9-13(21)18-11-5-3-4-10(8-11)16(23)24-2/h3-8H,9H2,1-2H3,(H,18,21). The van der Waals surface area contributed by atoms with Crippen molar-refractivity contribution in [1.82, 2.24) is 9.55 Å². The summed E-state index contributed by atoms with van der Waals surface area (Å²) in [6.07, 6.45) is 0. The number of nitrogens with one attached hydrogen (secondary N) is 1. The Hall–Kier alpha value is -2.65. The monoisotopic (exact) mass is 389 g/mol. The number of thiophene rings is 1. The molecular weight excluding hydrogens is 374 g/mol. The van der Waals surface area contributed by atoms with E-state index in [1.165, 1.54) is 34.8 Å². The number of fused-ring (bicyclic) bond motifs is 1. The fourth-order valence-electron chi connectivity index (χ4n) is 2.28. The highest BCUT2D eigenvalue weighted by Crippen LogP contribution is 2.21. The molecule has 0 aliphatic heterocycles. The van der Waals surface area contributed by atoms with Gasteiger partial charge in [0.15, 0.2) is 5.16 Å². The van der Waals surface area contributed by atoms with Crippen molar-refractivity contribution in [3.05, 3.63) is 51.6 Å². The van der Waals surface area contributed by atoms with Gasteiger partial charge in [0.25, 0.3) is 5.56 Å². The van der Waals surface area contributed by atoms with Crippen LogP contribution in [0.25, 0.3) is 10.2 Å². The zero-order valence-electron chi connectivity index (χ0n) is 14.0. The summed E-state index contributed by atoms with van der Waals surface area (Å²) < 4.78 is 6.09. The molecule has 2 aromatic heterocycles. The molecule has 0 saturated carbocycles. The number of carbonyl (C=O) groups excluding carboxylic acids is 2. The summed E-state index contributed by atoms with van der Waals surface area (Å²) in [7, 11) is 2.93. The summed E-state index contributed by atoms with van der Waals surface area (Å²) >= 11 is 2.56. The highest BCUT2D eigenvalue weighted by Gasteiger charge is 2.12. The van der Waals surface area contributed by atoms with E-state index in [4.69, 9.17) is 0 Å². The highest BCUT2D eigenvalue weighted by atomic mass is 32.2. The third kappa shape index (κ3) is 3.78. The molecule has 9 heteroatoms. The number of rotatable bonds is 5. The summed E-state index contributed by atoms with van der Waals surface area (Å²) in [6.45, 7) is 0. The van der Waals surface area contributed by atoms with Gasteiger partial charge in [0.05, 0.1) is 23.8 Å². The maximum absolute atomic E-state index is 12.2. The largest absolute Gasteiger partial charge is 0.465 e. The maximum atomic E-state index is 12.2. The zero-order chi connectivity index (χ0) is 18.7. The van der Waals surface area contributed by atoms with Crippen molar-refractivity contribution in [2.75, 3.05) is 18.2 Å². The van der Waals surface area contributed by atoms with Crippen molar-refractivity contribution in [2.45, 2.75) is 5.16 Å². The number of benzene rings is 1. The Bertz CT molecular complexity index is 1040. The Kier molecular flexibility index (Phi) is 5.38. The van der Waals surface area contributed by atoms with Gasteiger partial charge in [-0.2, -0.15) is 0 Å². The van der Waals surface area contributed by atoms with Crippen molar-refractivity contribution in [3.63, 3.8) is 0 Å². The molecule has 0 bridgehead atoms. The minimum absolute atomic E-state index is 0.0830. The molecule has 0 spiro atoms. The van der Waals surface area contributed by atoms with Crippen LogP contribution in [-0.2, 0) is 16.6 Å². The number of esters is 1. The molecule has 7 nitrogen and oxygen atoms in total. The number of hydrogen-bond donors (Lipinski definition) is 1. The SMILES string of the molecule is COC(=O)c1cccc(NC(=O)CSc2nc3sccc3c(=O)n2C)c1. The molecule has 0 atom stereocenters. The number of anilines is 1. The lowest BCUT2D eigenvalue weighted by Crippen LogP contribution is -2.20. The van der Waals surface area contributed by atoms with Crippen LogP contribution in [0, 0.1) is 0 Å². The third-order valence-electron chi connectivity index (χ3n) is 3.56. The first-order valence-electron chi connectivity index (χ1n) is 7.55. The first-order valence-corrected chi connectivity index (χ1v) is 9.41. The molecule has 3 aromatic rings. The molecule has 134 valence electrons. The van der Waals surface area contributed by atoms with E-state index in [9.17, 15) is 14.4 Å². The second kappa shape index (κ2) is 7.71. The Balaban J connectivity index is 1.69. The Labute approximate surface area is 157 Å². The van der Waals surface area contributed by atoms with Crippen molar-refractivity contribution < 1.29 is 14.3 Å². The summed E-state index contributed by atoms with van der Waals surface area (Å²) in [5, 5.41) is 5.58. The lowest BCUT2D eigenvalue weighted by atomic mass is 10.2. The Morgan fingerprint density at radius 1 is 1.35 bits per heavy atom. The average Bonchev–Trinajstić information content (AvgIpc) is 3.11. The number of nitrogens with zero attached hydrogens (tertiary/aromatic N) is 2. The summed E-state index contributed by atoms with van der Waals surface area (Å²) in [4.78, 5) is 41.1. The predicted molar refractivity (Wildman–Crippen MR) is 102 cm³/mol. The van der Waals surface area contributed by atoms with Gasteiger partial charge in [-0.3, -0.25) is 14.2 Å². The number of ether oxygens (including phenoxy) is 1. The molecule has 1 amide bonds. The van der Waals surface area contributed by atoms with E-state index < -0.39 is 5.97 Å². The number of methoxy groups -OCH3 is 1. The van der Waals surface area contributed by atoms with Crippen LogP contribution < -0.4 is 10.9 Å². The van der Waals surface area contributed by atoms with Crippen LogP contribution in [0.1, 0.15) is 10.4 Å². The second-order valence-electron chi connectivity index (χ2n) is 5.31. The van der Waals surface area contributed by atoms with E-state index in [1.807, 2.05) is 5.38 Å². The molecule has 0 aliphatic carbocycles. The Morgan fingerprint density at radius 3 is 2.92 bits per heavy atom. The first kappa shape index (κ1) is 18.2. The van der Waals surface area contributed by atoms with Crippen molar-refractivity contribution in [1.29, 1.82) is 0 Å². The van der Waals surface area contributed by atoms with E-state index in [1.54, 1.807) is 37.4 Å². The third-order valence-corrected chi connectivity index (χ3v) is 5.40. The molecule has 2 heterocycles. The summed E-state index contributed by atoms with van der Waals surface area (Å²) in [5.74, 6) is -0.656. The van der Waals surface area contributed by atoms with E-state index in [0.717, 1.165) is 0 Å². The first-order chi connectivity index (χ1) is 12.5. The smallest absolute Gasteiger partial charge is 0.337 e. The van der Waals surface area contributed by atoms with E-state index in [0.29, 0.717) is 26.6 Å². The minimum Gasteiger partial charge on any atom is -0.465 e. The number of thioether (sulfide) groups is 1. The lowest BCUT2D eigenvalue weighted by molar-refractivity contribution is -0.113. The van der Waals surface area contributed by atoms with Crippen LogP contribution in [0.2, 0.25) is 0 Å². The molecule has 3 rings (SSSR count). The van der Waals surface area contributed by atoms with Crippen LogP contribution in [0.4, 0.5) is 5.69 Å². The zero-order valence-corrected chi connectivity index (χ0v) is 15.6. The van der Waals surface area contributed by atoms with Gasteiger partial charge in [-0.15, -0.1) is 11.3 Å². The fraction of sp³-hybridized carbons (Fsp3) is 0.176. The van der Waals surface area contributed by atoms with E-state index >= 15 is 0 Å². The lowest BCUT2D eigenvalue weighted by Gasteiger charge is -2.08. The molecule has 1 N–H and O–H groups in total. The summed E-state index contributed by atoms with van der Waals surface area (Å²) in [5.41, 5.74) is 0.712. The van der Waals surface area contributed by atoms with Gasteiger partial charge >= 0.3 is 5.97 Å². The second-order valence-corrected chi connectivity index (χ2v) is 7.14. The quantitative estimate of drug-likeness (QED) is 0.410. The van der Waals surface area contributed by atoms with Gasteiger partial charge in [0.1, 0.15) is 4.83 Å². The van der Waals surface area contributed by atoms with Gasteiger partial charge in [0.2, 0.25) is 5.91 Å². The fourth-order valence-corrected chi connectivity index (χ4v) is 3.86. The maximum Gasteiger partial charge on any atom is 0.337 e. The molecule has 0 saturated heterocycles. The van der Waals surface area contributed by atoms with Crippen LogP contribution in [-0.4, -0.2) is 34.3 Å². The molecular formula is C17H15N3O4S2. The highest BCUT2D eigenvalue weighted by molar-refractivity contribution is 7.99. The Morgan fingerprint density at radius 2 is 2.15 bits per heavy atom. The summed E-state index contributed by atoms with van der Waals surface area (Å²) in [6, 6.07) is 8.22. The van der Waals surface area contributed by atoms with Crippen molar-refractivity contribution in [2.24, 2.45) is 7.05 Å². The number of aromatic nitrogens is 2. The molecule has 1 aromatic carbocycles. The minimum atomic E-state index is -0.473. The molecule has 0 unspecified atom stereocenters. The van der Waals surface area contributed by atoms with Crippen LogP contribution in [0.3, 0.4) is 0 Å². The van der Waals surface area contributed by atoms with Gasteiger partial charge in [0, 0.05) is 12.7 Å². The van der Waals surface area contributed by atoms with Crippen LogP contribution in [0.5, 0.6) is 0 Å². The van der Waals surface area contributed by atoms with E-state index in [2.05, 4.69) is 15.0 Å². The van der Waals surface area contributed by atoms with Crippen LogP contribution >= 0.6 is 23.1 Å². The molecule has 26 heavy (non-hydrogen) atoms. The molecule has 0 aliphatic rings. The van der Waals surface area contributed by atoms with E-state index in [-0.39, 0.29) is 17.2 Å². The van der Waals surface area contributed by atoms with Crippen molar-refractivity contribution in [3.8, 4) is 0 Å². The predicted octanol–water partition coefficient (Wildman–Crippen LogP) is 2.51. The number of carbonyl (C=O) groups is 2. The molecule has 0 radical (unpaired) electrons. The molecule has 0 fully saturated rings. The van der Waals surface area contributed by atoms with Gasteiger partial charge in [-0.05, 0) is 29.6 Å². The van der Waals surface area contributed by atoms with Gasteiger partial charge in [-0.1, -0.05) is 17.8 Å². The van der Waals surface area contributed by atoms with Gasteiger partial charge in [-0.25, -0.2) is 9.78 Å². The number of hydrogen-bond acceptors (Lipinski definition) is 7. The van der Waals surface area contributed by atoms with Crippen LogP contribution in [0.15, 0.2) is 45.7 Å². The van der Waals surface area contributed by atoms with Gasteiger partial charge < -0.3 is 10.1 Å². The number of amides is 1. The topological polar surface area (TPSA) is 90.3 Å². The van der Waals surface area contributed by atoms with Crippen molar-refractivity contribution >= 4 is 50.9 Å². The normalized spacial score (nSPS) is 10.7. The average molecular weight is 389 g/mol.